The molecule has 0 spiro atoms. The summed E-state index contributed by atoms with van der Waals surface area (Å²) in [4.78, 5) is 0.471. The Labute approximate surface area is 115 Å². The molecule has 0 bridgehead atoms. The molecule has 1 atom stereocenters. The minimum Gasteiger partial charge on any atom is -0.389 e. The van der Waals surface area contributed by atoms with Gasteiger partial charge >= 0.3 is 0 Å². The molecule has 0 heterocycles. The van der Waals surface area contributed by atoms with Crippen LogP contribution in [0.1, 0.15) is 44.2 Å². The number of thiocarbonyl (C=S) groups is 1. The second-order valence-corrected chi connectivity index (χ2v) is 6.55. The highest BCUT2D eigenvalue weighted by molar-refractivity contribution is 7.80. The van der Waals surface area contributed by atoms with Crippen LogP contribution in [0.4, 0.5) is 5.69 Å². The predicted molar refractivity (Wildman–Crippen MR) is 82.1 cm³/mol. The van der Waals surface area contributed by atoms with E-state index in [1.165, 1.54) is 24.8 Å². The van der Waals surface area contributed by atoms with Crippen molar-refractivity contribution in [3.63, 3.8) is 0 Å². The van der Waals surface area contributed by atoms with Gasteiger partial charge in [-0.25, -0.2) is 0 Å². The lowest BCUT2D eigenvalue weighted by molar-refractivity contribution is 0.378. The number of rotatable bonds is 3. The van der Waals surface area contributed by atoms with Crippen molar-refractivity contribution in [1.29, 1.82) is 0 Å². The van der Waals surface area contributed by atoms with E-state index in [1.807, 2.05) is 12.1 Å². The molecule has 18 heavy (non-hydrogen) atoms. The van der Waals surface area contributed by atoms with Crippen LogP contribution in [-0.2, 0) is 0 Å². The van der Waals surface area contributed by atoms with E-state index in [2.05, 4.69) is 32.2 Å². The maximum atomic E-state index is 5.80. The van der Waals surface area contributed by atoms with E-state index >= 15 is 0 Å². The van der Waals surface area contributed by atoms with Gasteiger partial charge < -0.3 is 11.1 Å². The molecule has 1 aromatic rings. The van der Waals surface area contributed by atoms with Crippen LogP contribution in [0.5, 0.6) is 0 Å². The first-order valence-electron chi connectivity index (χ1n) is 6.55. The summed E-state index contributed by atoms with van der Waals surface area (Å²) in [5.41, 5.74) is 9.55. The van der Waals surface area contributed by atoms with E-state index in [1.54, 1.807) is 0 Å². The predicted octanol–water partition coefficient (Wildman–Crippen LogP) is 3.62. The van der Waals surface area contributed by atoms with Crippen LogP contribution in [0, 0.1) is 12.3 Å². The standard InChI is InChI=1S/C15H22N2S/c1-10-5-4-6-12(14(16)18)13(10)17-11-7-8-15(2,3)9-11/h4-6,11,17H,7-9H2,1-3H3,(H2,16,18). The Bertz CT molecular complexity index is 466. The monoisotopic (exact) mass is 262 g/mol. The molecule has 3 N–H and O–H groups in total. The zero-order valence-electron chi connectivity index (χ0n) is 11.4. The molecule has 0 aliphatic heterocycles. The number of hydrogen-bond acceptors (Lipinski definition) is 2. The van der Waals surface area contributed by atoms with Gasteiger partial charge in [0.15, 0.2) is 0 Å². The average molecular weight is 262 g/mol. The number of para-hydroxylation sites is 1. The molecule has 2 nitrogen and oxygen atoms in total. The number of nitrogens with two attached hydrogens (primary N) is 1. The topological polar surface area (TPSA) is 38.0 Å². The molecule has 98 valence electrons. The summed E-state index contributed by atoms with van der Waals surface area (Å²) >= 11 is 5.13. The van der Waals surface area contributed by atoms with Gasteiger partial charge in [-0.1, -0.05) is 38.2 Å². The van der Waals surface area contributed by atoms with E-state index in [0.29, 0.717) is 16.4 Å². The van der Waals surface area contributed by atoms with Crippen LogP contribution in [0.25, 0.3) is 0 Å². The van der Waals surface area contributed by atoms with Gasteiger partial charge in [-0.3, -0.25) is 0 Å². The average Bonchev–Trinajstić information content (AvgIpc) is 2.61. The van der Waals surface area contributed by atoms with Crippen LogP contribution in [0.3, 0.4) is 0 Å². The lowest BCUT2D eigenvalue weighted by Gasteiger charge is -2.21. The Morgan fingerprint density at radius 1 is 1.44 bits per heavy atom. The van der Waals surface area contributed by atoms with Crippen molar-refractivity contribution in [1.82, 2.24) is 0 Å². The summed E-state index contributed by atoms with van der Waals surface area (Å²) in [5.74, 6) is 0. The van der Waals surface area contributed by atoms with Crippen molar-refractivity contribution in [3.05, 3.63) is 29.3 Å². The highest BCUT2D eigenvalue weighted by atomic mass is 32.1. The first kappa shape index (κ1) is 13.3. The number of anilines is 1. The SMILES string of the molecule is Cc1cccc(C(N)=S)c1NC1CCC(C)(C)C1. The lowest BCUT2D eigenvalue weighted by atomic mass is 9.92. The number of aryl methyl sites for hydroxylation is 1. The first-order valence-corrected chi connectivity index (χ1v) is 6.96. The third-order valence-corrected chi connectivity index (χ3v) is 4.08. The molecule has 1 aromatic carbocycles. The van der Waals surface area contributed by atoms with Gasteiger partial charge in [0.05, 0.1) is 0 Å². The molecule has 0 saturated heterocycles. The molecule has 3 heteroatoms. The van der Waals surface area contributed by atoms with Gasteiger partial charge in [-0.2, -0.15) is 0 Å². The number of nitrogens with one attached hydrogen (secondary N) is 1. The summed E-state index contributed by atoms with van der Waals surface area (Å²) < 4.78 is 0. The van der Waals surface area contributed by atoms with E-state index in [4.69, 9.17) is 18.0 Å². The second-order valence-electron chi connectivity index (χ2n) is 6.11. The lowest BCUT2D eigenvalue weighted by Crippen LogP contribution is -2.21. The van der Waals surface area contributed by atoms with Gasteiger partial charge in [0.2, 0.25) is 0 Å². The molecule has 0 amide bonds. The highest BCUT2D eigenvalue weighted by Gasteiger charge is 2.31. The maximum Gasteiger partial charge on any atom is 0.106 e. The summed E-state index contributed by atoms with van der Waals surface area (Å²) in [5, 5.41) is 3.65. The van der Waals surface area contributed by atoms with E-state index in [-0.39, 0.29) is 0 Å². The third kappa shape index (κ3) is 2.83. The van der Waals surface area contributed by atoms with E-state index in [0.717, 1.165) is 11.3 Å². The maximum absolute atomic E-state index is 5.80. The molecule has 0 aromatic heterocycles. The molecule has 1 saturated carbocycles. The van der Waals surface area contributed by atoms with Gasteiger partial charge in [-0.05, 0) is 43.2 Å². The van der Waals surface area contributed by atoms with Crippen LogP contribution in [-0.4, -0.2) is 11.0 Å². The minimum absolute atomic E-state index is 0.448. The molecule has 1 aliphatic carbocycles. The van der Waals surface area contributed by atoms with Crippen molar-refractivity contribution >= 4 is 22.9 Å². The number of benzene rings is 1. The Morgan fingerprint density at radius 2 is 2.17 bits per heavy atom. The van der Waals surface area contributed by atoms with Crippen molar-refractivity contribution in [2.24, 2.45) is 11.1 Å². The van der Waals surface area contributed by atoms with Gasteiger partial charge in [0.25, 0.3) is 0 Å². The zero-order valence-corrected chi connectivity index (χ0v) is 12.2. The normalized spacial score (nSPS) is 21.8. The van der Waals surface area contributed by atoms with Crippen molar-refractivity contribution in [2.75, 3.05) is 5.32 Å². The second kappa shape index (κ2) is 4.88. The van der Waals surface area contributed by atoms with Crippen molar-refractivity contribution in [3.8, 4) is 0 Å². The van der Waals surface area contributed by atoms with Crippen LogP contribution >= 0.6 is 12.2 Å². The number of hydrogen-bond donors (Lipinski definition) is 2. The third-order valence-electron chi connectivity index (χ3n) is 3.86. The molecular weight excluding hydrogens is 240 g/mol. The van der Waals surface area contributed by atoms with Crippen molar-refractivity contribution in [2.45, 2.75) is 46.1 Å². The van der Waals surface area contributed by atoms with Crippen LogP contribution < -0.4 is 11.1 Å². The molecule has 1 aliphatic rings. The fourth-order valence-electron chi connectivity index (χ4n) is 2.83. The summed E-state index contributed by atoms with van der Waals surface area (Å²) in [6.45, 7) is 6.77. The van der Waals surface area contributed by atoms with Crippen LogP contribution in [0.15, 0.2) is 18.2 Å². The molecule has 2 rings (SSSR count). The minimum atomic E-state index is 0.448. The smallest absolute Gasteiger partial charge is 0.106 e. The Balaban J connectivity index is 2.21. The zero-order chi connectivity index (χ0) is 13.3. The molecular formula is C15H22N2S. The molecule has 1 unspecified atom stereocenters. The fraction of sp³-hybridized carbons (Fsp3) is 0.533. The van der Waals surface area contributed by atoms with Gasteiger partial charge in [0, 0.05) is 17.3 Å². The fourth-order valence-corrected chi connectivity index (χ4v) is 3.00. The summed E-state index contributed by atoms with van der Waals surface area (Å²) in [6.07, 6.45) is 3.70. The first-order chi connectivity index (χ1) is 8.39. The van der Waals surface area contributed by atoms with Crippen LogP contribution in [0.2, 0.25) is 0 Å². The Kier molecular flexibility index (Phi) is 3.62. The van der Waals surface area contributed by atoms with Gasteiger partial charge in [-0.15, -0.1) is 0 Å². The molecule has 1 fully saturated rings. The largest absolute Gasteiger partial charge is 0.389 e. The highest BCUT2D eigenvalue weighted by Crippen LogP contribution is 2.39. The van der Waals surface area contributed by atoms with E-state index in [9.17, 15) is 0 Å². The van der Waals surface area contributed by atoms with Crippen molar-refractivity contribution < 1.29 is 0 Å². The quantitative estimate of drug-likeness (QED) is 0.817. The Hall–Kier alpha value is -1.09. The summed E-state index contributed by atoms with van der Waals surface area (Å²) in [6, 6.07) is 6.64. The summed E-state index contributed by atoms with van der Waals surface area (Å²) in [7, 11) is 0. The molecule has 0 radical (unpaired) electrons. The van der Waals surface area contributed by atoms with Gasteiger partial charge in [0.1, 0.15) is 4.99 Å². The van der Waals surface area contributed by atoms with E-state index < -0.39 is 0 Å². The Morgan fingerprint density at radius 3 is 2.72 bits per heavy atom.